The van der Waals surface area contributed by atoms with Crippen LogP contribution in [0.15, 0.2) is 5.38 Å². The molecule has 2 rings (SSSR count). The van der Waals surface area contributed by atoms with Crippen LogP contribution in [0.3, 0.4) is 0 Å². The number of ether oxygens (including phenoxy) is 1. The number of rotatable bonds is 3. The molecule has 2 heterocycles. The predicted molar refractivity (Wildman–Crippen MR) is 62.2 cm³/mol. The summed E-state index contributed by atoms with van der Waals surface area (Å²) in [7, 11) is 2.00. The van der Waals surface area contributed by atoms with Gasteiger partial charge in [0.25, 0.3) is 0 Å². The van der Waals surface area contributed by atoms with Gasteiger partial charge in [0.15, 0.2) is 0 Å². The van der Waals surface area contributed by atoms with Gasteiger partial charge >= 0.3 is 0 Å². The van der Waals surface area contributed by atoms with E-state index in [-0.39, 0.29) is 6.10 Å². The minimum atomic E-state index is 0.205. The molecule has 0 aromatic carbocycles. The molecule has 0 bridgehead atoms. The standard InChI is InChI=1S/C11H18N2OS/c1-8-13-10(7-15-8)11-9(6-12-2)4-3-5-14-11/h7,9,11-12H,3-6H2,1-2H3. The van der Waals surface area contributed by atoms with Crippen molar-refractivity contribution < 1.29 is 4.74 Å². The summed E-state index contributed by atoms with van der Waals surface area (Å²) in [5, 5.41) is 6.50. The topological polar surface area (TPSA) is 34.1 Å². The maximum Gasteiger partial charge on any atom is 0.104 e. The van der Waals surface area contributed by atoms with E-state index in [1.807, 2.05) is 14.0 Å². The maximum atomic E-state index is 5.85. The molecule has 0 saturated carbocycles. The van der Waals surface area contributed by atoms with E-state index in [9.17, 15) is 0 Å². The van der Waals surface area contributed by atoms with Gasteiger partial charge in [-0.05, 0) is 26.8 Å². The first-order chi connectivity index (χ1) is 7.31. The van der Waals surface area contributed by atoms with E-state index in [2.05, 4.69) is 15.7 Å². The summed E-state index contributed by atoms with van der Waals surface area (Å²) in [6, 6.07) is 0. The lowest BCUT2D eigenvalue weighted by Gasteiger charge is -2.30. The van der Waals surface area contributed by atoms with Crippen molar-refractivity contribution >= 4 is 11.3 Å². The van der Waals surface area contributed by atoms with Crippen LogP contribution in [-0.4, -0.2) is 25.2 Å². The smallest absolute Gasteiger partial charge is 0.104 e. The van der Waals surface area contributed by atoms with Crippen LogP contribution >= 0.6 is 11.3 Å². The third-order valence-corrected chi connectivity index (χ3v) is 3.63. The van der Waals surface area contributed by atoms with E-state index in [4.69, 9.17) is 4.74 Å². The highest BCUT2D eigenvalue weighted by Crippen LogP contribution is 2.33. The molecule has 1 aromatic heterocycles. The van der Waals surface area contributed by atoms with Crippen LogP contribution < -0.4 is 5.32 Å². The van der Waals surface area contributed by atoms with Gasteiger partial charge in [0.2, 0.25) is 0 Å². The highest BCUT2D eigenvalue weighted by molar-refractivity contribution is 7.09. The molecule has 1 aliphatic heterocycles. The Hall–Kier alpha value is -0.450. The molecule has 2 atom stereocenters. The van der Waals surface area contributed by atoms with Gasteiger partial charge in [0.05, 0.1) is 10.7 Å². The first kappa shape index (κ1) is 11.0. The van der Waals surface area contributed by atoms with Crippen LogP contribution in [0.25, 0.3) is 0 Å². The Morgan fingerprint density at radius 3 is 3.20 bits per heavy atom. The molecule has 0 radical (unpaired) electrons. The monoisotopic (exact) mass is 226 g/mol. The molecular formula is C11H18N2OS. The molecule has 2 unspecified atom stereocenters. The van der Waals surface area contributed by atoms with Crippen molar-refractivity contribution in [2.75, 3.05) is 20.2 Å². The molecule has 4 heteroatoms. The van der Waals surface area contributed by atoms with Crippen molar-refractivity contribution in [2.45, 2.75) is 25.9 Å². The Kier molecular flexibility index (Phi) is 3.72. The second kappa shape index (κ2) is 5.05. The average Bonchev–Trinajstić information content (AvgIpc) is 2.66. The van der Waals surface area contributed by atoms with E-state index >= 15 is 0 Å². The van der Waals surface area contributed by atoms with E-state index in [0.717, 1.165) is 23.9 Å². The first-order valence-corrected chi connectivity index (χ1v) is 6.37. The summed E-state index contributed by atoms with van der Waals surface area (Å²) >= 11 is 1.71. The zero-order valence-corrected chi connectivity index (χ0v) is 10.1. The van der Waals surface area contributed by atoms with Gasteiger partial charge < -0.3 is 10.1 Å². The summed E-state index contributed by atoms with van der Waals surface area (Å²) in [6.07, 6.45) is 2.62. The highest BCUT2D eigenvalue weighted by atomic mass is 32.1. The largest absolute Gasteiger partial charge is 0.372 e. The molecule has 0 amide bonds. The van der Waals surface area contributed by atoms with Gasteiger partial charge in [0, 0.05) is 24.4 Å². The van der Waals surface area contributed by atoms with Crippen LogP contribution in [0, 0.1) is 12.8 Å². The Morgan fingerprint density at radius 1 is 1.67 bits per heavy atom. The van der Waals surface area contributed by atoms with E-state index in [0.29, 0.717) is 5.92 Å². The van der Waals surface area contributed by atoms with Crippen molar-refractivity contribution in [3.63, 3.8) is 0 Å². The third kappa shape index (κ3) is 2.56. The lowest BCUT2D eigenvalue weighted by atomic mass is 9.92. The van der Waals surface area contributed by atoms with Gasteiger partial charge in [-0.15, -0.1) is 11.3 Å². The number of aryl methyl sites for hydroxylation is 1. The van der Waals surface area contributed by atoms with E-state index < -0.39 is 0 Å². The number of nitrogens with zero attached hydrogens (tertiary/aromatic N) is 1. The molecular weight excluding hydrogens is 208 g/mol. The quantitative estimate of drug-likeness (QED) is 0.857. The molecule has 0 aliphatic carbocycles. The first-order valence-electron chi connectivity index (χ1n) is 5.49. The molecule has 3 nitrogen and oxygen atoms in total. The van der Waals surface area contributed by atoms with Crippen LogP contribution in [0.1, 0.15) is 29.6 Å². The number of nitrogens with one attached hydrogen (secondary N) is 1. The fraction of sp³-hybridized carbons (Fsp3) is 0.727. The van der Waals surface area contributed by atoms with Gasteiger partial charge in [-0.3, -0.25) is 0 Å². The normalized spacial score (nSPS) is 26.8. The van der Waals surface area contributed by atoms with E-state index in [1.54, 1.807) is 11.3 Å². The van der Waals surface area contributed by atoms with Crippen molar-refractivity contribution in [1.82, 2.24) is 10.3 Å². The van der Waals surface area contributed by atoms with Gasteiger partial charge in [-0.2, -0.15) is 0 Å². The van der Waals surface area contributed by atoms with Crippen LogP contribution in [-0.2, 0) is 4.74 Å². The molecule has 84 valence electrons. The van der Waals surface area contributed by atoms with Crippen molar-refractivity contribution in [1.29, 1.82) is 0 Å². The Labute approximate surface area is 94.9 Å². The van der Waals surface area contributed by atoms with Crippen molar-refractivity contribution in [3.05, 3.63) is 16.1 Å². The second-order valence-corrected chi connectivity index (χ2v) is 5.10. The molecule has 1 N–H and O–H groups in total. The molecule has 1 aliphatic rings. The number of hydrogen-bond acceptors (Lipinski definition) is 4. The van der Waals surface area contributed by atoms with Gasteiger partial charge in [0.1, 0.15) is 6.10 Å². The molecule has 1 fully saturated rings. The molecule has 15 heavy (non-hydrogen) atoms. The number of thiazole rings is 1. The lowest BCUT2D eigenvalue weighted by molar-refractivity contribution is -0.0294. The average molecular weight is 226 g/mol. The Bertz CT molecular complexity index is 311. The minimum absolute atomic E-state index is 0.205. The fourth-order valence-corrected chi connectivity index (χ4v) is 2.79. The minimum Gasteiger partial charge on any atom is -0.372 e. The fourth-order valence-electron chi connectivity index (χ4n) is 2.15. The van der Waals surface area contributed by atoms with Crippen LogP contribution in [0.4, 0.5) is 0 Å². The number of aromatic nitrogens is 1. The van der Waals surface area contributed by atoms with Crippen LogP contribution in [0.2, 0.25) is 0 Å². The summed E-state index contributed by atoms with van der Waals surface area (Å²) in [5.74, 6) is 0.574. The SMILES string of the molecule is CNCC1CCCOC1c1csc(C)n1. The summed E-state index contributed by atoms with van der Waals surface area (Å²) < 4.78 is 5.85. The molecule has 1 saturated heterocycles. The zero-order valence-electron chi connectivity index (χ0n) is 9.32. The van der Waals surface area contributed by atoms with Crippen molar-refractivity contribution in [2.24, 2.45) is 5.92 Å². The summed E-state index contributed by atoms with van der Waals surface area (Å²) in [6.45, 7) is 3.94. The third-order valence-electron chi connectivity index (χ3n) is 2.84. The zero-order chi connectivity index (χ0) is 10.7. The van der Waals surface area contributed by atoms with Gasteiger partial charge in [-0.1, -0.05) is 0 Å². The van der Waals surface area contributed by atoms with Gasteiger partial charge in [-0.25, -0.2) is 4.98 Å². The summed E-state index contributed by atoms with van der Waals surface area (Å²) in [5.41, 5.74) is 1.12. The highest BCUT2D eigenvalue weighted by Gasteiger charge is 2.28. The lowest BCUT2D eigenvalue weighted by Crippen LogP contribution is -2.30. The molecule has 0 spiro atoms. The van der Waals surface area contributed by atoms with E-state index in [1.165, 1.54) is 12.8 Å². The molecule has 1 aromatic rings. The maximum absolute atomic E-state index is 5.85. The Balaban J connectivity index is 2.10. The summed E-state index contributed by atoms with van der Waals surface area (Å²) in [4.78, 5) is 4.53. The van der Waals surface area contributed by atoms with Crippen LogP contribution in [0.5, 0.6) is 0 Å². The Morgan fingerprint density at radius 2 is 2.53 bits per heavy atom. The predicted octanol–water partition coefficient (Wildman–Crippen LogP) is 2.14. The van der Waals surface area contributed by atoms with Crippen molar-refractivity contribution in [3.8, 4) is 0 Å². The second-order valence-electron chi connectivity index (χ2n) is 4.04. The number of hydrogen-bond donors (Lipinski definition) is 1.